The minimum Gasteiger partial charge on any atom is -0.466 e. The van der Waals surface area contributed by atoms with Crippen LogP contribution in [0.3, 0.4) is 0 Å². The summed E-state index contributed by atoms with van der Waals surface area (Å²) in [6.45, 7) is 1.71. The van der Waals surface area contributed by atoms with Gasteiger partial charge in [-0.25, -0.2) is 14.2 Å². The van der Waals surface area contributed by atoms with Crippen molar-refractivity contribution in [3.63, 3.8) is 0 Å². The molecule has 3 aromatic rings. The molecule has 0 aliphatic carbocycles. The summed E-state index contributed by atoms with van der Waals surface area (Å²) in [6.07, 6.45) is 1.68. The topological polar surface area (TPSA) is 60.7 Å². The third-order valence-corrected chi connectivity index (χ3v) is 6.02. The first-order valence-corrected chi connectivity index (χ1v) is 10.2. The van der Waals surface area contributed by atoms with Gasteiger partial charge >= 0.3 is 5.97 Å². The van der Waals surface area contributed by atoms with Gasteiger partial charge in [0.05, 0.1) is 29.0 Å². The van der Waals surface area contributed by atoms with Crippen LogP contribution in [0.1, 0.15) is 24.1 Å². The molecule has 0 fully saturated rings. The molecule has 8 heteroatoms. The summed E-state index contributed by atoms with van der Waals surface area (Å²) < 4.78 is 20.1. The van der Waals surface area contributed by atoms with Gasteiger partial charge in [0, 0.05) is 5.02 Å². The van der Waals surface area contributed by atoms with Crippen LogP contribution in [-0.2, 0) is 9.53 Å². The van der Waals surface area contributed by atoms with Crippen molar-refractivity contribution in [2.75, 3.05) is 7.11 Å². The largest absolute Gasteiger partial charge is 0.466 e. The number of esters is 1. The summed E-state index contributed by atoms with van der Waals surface area (Å²) in [5, 5.41) is 0.544. The molecule has 30 heavy (non-hydrogen) atoms. The number of allylic oxidation sites excluding steroid dienone is 1. The zero-order valence-electron chi connectivity index (χ0n) is 16.1. The Balaban J connectivity index is 1.96. The number of carbonyl (C=O) groups is 1. The predicted molar refractivity (Wildman–Crippen MR) is 114 cm³/mol. The summed E-state index contributed by atoms with van der Waals surface area (Å²) in [5.74, 6) is -0.904. The van der Waals surface area contributed by atoms with Gasteiger partial charge in [0.2, 0.25) is 0 Å². The quantitative estimate of drug-likeness (QED) is 0.585. The molecule has 1 aliphatic rings. The Kier molecular flexibility index (Phi) is 5.40. The van der Waals surface area contributed by atoms with Gasteiger partial charge in [-0.05, 0) is 48.4 Å². The van der Waals surface area contributed by atoms with Crippen LogP contribution in [0.4, 0.5) is 4.39 Å². The number of hydrogen-bond acceptors (Lipinski definition) is 5. The zero-order valence-corrected chi connectivity index (χ0v) is 17.6. The van der Waals surface area contributed by atoms with Crippen molar-refractivity contribution >= 4 is 35.0 Å². The number of methoxy groups -OCH3 is 1. The molecule has 0 spiro atoms. The smallest absolute Gasteiger partial charge is 0.338 e. The van der Waals surface area contributed by atoms with Gasteiger partial charge < -0.3 is 4.74 Å². The SMILES string of the molecule is COC(=O)C1=C(C)N=c2s/c(=C/c3ccc(F)cc3)c(=O)n2[C@@H]1c1ccc(Cl)cc1. The van der Waals surface area contributed by atoms with Gasteiger partial charge in [0.1, 0.15) is 5.82 Å². The highest BCUT2D eigenvalue weighted by molar-refractivity contribution is 7.07. The van der Waals surface area contributed by atoms with Crippen molar-refractivity contribution in [3.8, 4) is 0 Å². The fourth-order valence-corrected chi connectivity index (χ4v) is 4.54. The van der Waals surface area contributed by atoms with Gasteiger partial charge in [-0.3, -0.25) is 9.36 Å². The molecular formula is C22H16ClFN2O3S. The Morgan fingerprint density at radius 1 is 1.20 bits per heavy atom. The molecule has 5 nitrogen and oxygen atoms in total. The molecule has 0 radical (unpaired) electrons. The van der Waals surface area contributed by atoms with E-state index in [-0.39, 0.29) is 11.4 Å². The predicted octanol–water partition coefficient (Wildman–Crippen LogP) is 3.20. The lowest BCUT2D eigenvalue weighted by molar-refractivity contribution is -0.136. The fraction of sp³-hybridized carbons (Fsp3) is 0.136. The molecule has 0 unspecified atom stereocenters. The van der Waals surface area contributed by atoms with Crippen LogP contribution in [0.5, 0.6) is 0 Å². The Bertz CT molecular complexity index is 1340. The van der Waals surface area contributed by atoms with Gasteiger partial charge in [0.15, 0.2) is 4.80 Å². The second-order valence-corrected chi connectivity index (χ2v) is 8.12. The molecule has 0 N–H and O–H groups in total. The first kappa shape index (κ1) is 20.3. The first-order valence-electron chi connectivity index (χ1n) is 9.01. The number of nitrogens with zero attached hydrogens (tertiary/aromatic N) is 2. The lowest BCUT2D eigenvalue weighted by atomic mass is 9.96. The fourth-order valence-electron chi connectivity index (χ4n) is 3.36. The van der Waals surface area contributed by atoms with E-state index in [4.69, 9.17) is 16.3 Å². The van der Waals surface area contributed by atoms with Crippen LogP contribution in [0, 0.1) is 5.82 Å². The Morgan fingerprint density at radius 3 is 2.50 bits per heavy atom. The maximum absolute atomic E-state index is 13.3. The molecule has 2 aromatic carbocycles. The molecule has 1 aliphatic heterocycles. The van der Waals surface area contributed by atoms with Gasteiger partial charge in [-0.2, -0.15) is 0 Å². The molecule has 1 atom stereocenters. The molecule has 0 saturated carbocycles. The molecule has 2 heterocycles. The van der Waals surface area contributed by atoms with Crippen LogP contribution in [0.25, 0.3) is 6.08 Å². The van der Waals surface area contributed by atoms with Gasteiger partial charge in [-0.15, -0.1) is 0 Å². The number of thiazole rings is 1. The number of benzene rings is 2. The van der Waals surface area contributed by atoms with Crippen molar-refractivity contribution < 1.29 is 13.9 Å². The number of rotatable bonds is 3. The molecule has 0 bridgehead atoms. The Hall–Kier alpha value is -3.03. The number of fused-ring (bicyclic) bond motifs is 1. The van der Waals surface area contributed by atoms with Crippen molar-refractivity contribution in [2.45, 2.75) is 13.0 Å². The van der Waals surface area contributed by atoms with Crippen LogP contribution >= 0.6 is 22.9 Å². The van der Waals surface area contributed by atoms with Crippen molar-refractivity contribution in [3.05, 3.63) is 101 Å². The average Bonchev–Trinajstić information content (AvgIpc) is 3.03. The van der Waals surface area contributed by atoms with Crippen molar-refractivity contribution in [1.82, 2.24) is 4.57 Å². The summed E-state index contributed by atoms with van der Waals surface area (Å²) in [5.41, 5.74) is 1.88. The van der Waals surface area contributed by atoms with Crippen LogP contribution < -0.4 is 14.9 Å². The molecular weight excluding hydrogens is 427 g/mol. The number of ether oxygens (including phenoxy) is 1. The molecule has 1 aromatic heterocycles. The van der Waals surface area contributed by atoms with Gasteiger partial charge in [0.25, 0.3) is 5.56 Å². The lowest BCUT2D eigenvalue weighted by Crippen LogP contribution is -2.39. The second kappa shape index (κ2) is 8.01. The number of carbonyl (C=O) groups excluding carboxylic acids is 1. The monoisotopic (exact) mass is 442 g/mol. The first-order chi connectivity index (χ1) is 14.4. The van der Waals surface area contributed by atoms with Crippen LogP contribution in [-0.4, -0.2) is 17.6 Å². The standard InChI is InChI=1S/C22H16ClFN2O3S/c1-12-18(21(28)29-2)19(14-5-7-15(23)8-6-14)26-20(27)17(30-22(26)25-12)11-13-3-9-16(24)10-4-13/h3-11,19H,1-2H3/b17-11+/t19-/m1/s1. The van der Waals surface area contributed by atoms with E-state index in [1.165, 1.54) is 35.1 Å². The van der Waals surface area contributed by atoms with E-state index in [0.717, 1.165) is 0 Å². The van der Waals surface area contributed by atoms with E-state index in [1.807, 2.05) is 0 Å². The minimum absolute atomic E-state index is 0.292. The minimum atomic E-state index is -0.693. The normalized spacial score (nSPS) is 16.3. The Morgan fingerprint density at radius 2 is 1.87 bits per heavy atom. The van der Waals surface area contributed by atoms with Gasteiger partial charge in [-0.1, -0.05) is 47.2 Å². The molecule has 0 amide bonds. The third kappa shape index (κ3) is 3.62. The maximum atomic E-state index is 13.3. The second-order valence-electron chi connectivity index (χ2n) is 6.68. The van der Waals surface area contributed by atoms with Crippen molar-refractivity contribution in [1.29, 1.82) is 0 Å². The van der Waals surface area contributed by atoms with E-state index in [1.54, 1.807) is 49.4 Å². The third-order valence-electron chi connectivity index (χ3n) is 4.78. The number of halogens is 2. The summed E-state index contributed by atoms with van der Waals surface area (Å²) in [4.78, 5) is 30.8. The highest BCUT2D eigenvalue weighted by Crippen LogP contribution is 2.31. The molecule has 4 rings (SSSR count). The summed E-state index contributed by atoms with van der Waals surface area (Å²) >= 11 is 7.23. The zero-order chi connectivity index (χ0) is 21.4. The van der Waals surface area contributed by atoms with E-state index >= 15 is 0 Å². The van der Waals surface area contributed by atoms with Crippen molar-refractivity contribution in [2.24, 2.45) is 4.99 Å². The molecule has 0 saturated heterocycles. The summed E-state index contributed by atoms with van der Waals surface area (Å²) in [6, 6.07) is 12.1. The Labute approximate surface area is 180 Å². The van der Waals surface area contributed by atoms with E-state index in [2.05, 4.69) is 4.99 Å². The van der Waals surface area contributed by atoms with E-state index in [0.29, 0.717) is 36.8 Å². The van der Waals surface area contributed by atoms with Crippen LogP contribution in [0.2, 0.25) is 5.02 Å². The molecule has 152 valence electrons. The lowest BCUT2D eigenvalue weighted by Gasteiger charge is -2.24. The highest BCUT2D eigenvalue weighted by atomic mass is 35.5. The van der Waals surface area contributed by atoms with E-state index < -0.39 is 12.0 Å². The van der Waals surface area contributed by atoms with Crippen LogP contribution in [0.15, 0.2) is 69.6 Å². The highest BCUT2D eigenvalue weighted by Gasteiger charge is 2.32. The summed E-state index contributed by atoms with van der Waals surface area (Å²) in [7, 11) is 1.29. The number of hydrogen-bond donors (Lipinski definition) is 0. The maximum Gasteiger partial charge on any atom is 0.338 e. The van der Waals surface area contributed by atoms with E-state index in [9.17, 15) is 14.0 Å². The number of aromatic nitrogens is 1. The average molecular weight is 443 g/mol.